The molecule has 0 N–H and O–H groups in total. The third-order valence-electron chi connectivity index (χ3n) is 6.03. The van der Waals surface area contributed by atoms with Gasteiger partial charge in [-0.1, -0.05) is 0 Å². The van der Waals surface area contributed by atoms with E-state index in [-0.39, 0.29) is 0 Å². The summed E-state index contributed by atoms with van der Waals surface area (Å²) in [4.78, 5) is 7.16. The molecule has 160 valence electrons. The first-order chi connectivity index (χ1) is 13.7. The van der Waals surface area contributed by atoms with Crippen molar-refractivity contribution >= 4 is 26.7 Å². The Morgan fingerprint density at radius 2 is 1.48 bits per heavy atom. The van der Waals surface area contributed by atoms with E-state index >= 15 is 0 Å². The molecule has 2 heterocycles. The SMILES string of the molecule is COCCc1nsc(N2CCN(S(=O)(=O)c3c(C)c(C)c(C)c(C)c3C)CC2)n1. The fourth-order valence-corrected chi connectivity index (χ4v) is 6.52. The van der Waals surface area contributed by atoms with Crippen LogP contribution in [0.5, 0.6) is 0 Å². The average Bonchev–Trinajstić information content (AvgIpc) is 3.18. The first-order valence-corrected chi connectivity index (χ1v) is 12.0. The largest absolute Gasteiger partial charge is 0.384 e. The summed E-state index contributed by atoms with van der Waals surface area (Å²) in [5, 5.41) is 0.850. The lowest BCUT2D eigenvalue weighted by Gasteiger charge is -2.34. The van der Waals surface area contributed by atoms with Crippen molar-refractivity contribution in [2.45, 2.75) is 45.9 Å². The molecule has 7 nitrogen and oxygen atoms in total. The Bertz CT molecular complexity index is 964. The van der Waals surface area contributed by atoms with Gasteiger partial charge in [-0.05, 0) is 62.4 Å². The molecule has 1 aliphatic heterocycles. The van der Waals surface area contributed by atoms with Crippen molar-refractivity contribution in [1.29, 1.82) is 0 Å². The van der Waals surface area contributed by atoms with Crippen LogP contribution in [0, 0.1) is 34.6 Å². The molecule has 1 aromatic heterocycles. The molecule has 1 aliphatic rings. The van der Waals surface area contributed by atoms with Crippen molar-refractivity contribution in [3.05, 3.63) is 33.6 Å². The summed E-state index contributed by atoms with van der Waals surface area (Å²) in [5.74, 6) is 0.777. The zero-order valence-corrected chi connectivity index (χ0v) is 19.7. The van der Waals surface area contributed by atoms with Gasteiger partial charge in [0, 0.05) is 51.2 Å². The minimum atomic E-state index is -3.54. The monoisotopic (exact) mass is 438 g/mol. The van der Waals surface area contributed by atoms with Gasteiger partial charge in [-0.15, -0.1) is 0 Å². The van der Waals surface area contributed by atoms with Crippen molar-refractivity contribution in [2.24, 2.45) is 0 Å². The second-order valence-corrected chi connectivity index (χ2v) is 10.2. The van der Waals surface area contributed by atoms with Crippen LogP contribution in [-0.4, -0.2) is 62.0 Å². The summed E-state index contributed by atoms with van der Waals surface area (Å²) in [7, 11) is -1.88. The highest BCUT2D eigenvalue weighted by Crippen LogP contribution is 2.32. The fraction of sp³-hybridized carbons (Fsp3) is 0.600. The molecule has 1 fully saturated rings. The third-order valence-corrected chi connectivity index (χ3v) is 9.01. The van der Waals surface area contributed by atoms with Crippen LogP contribution in [0.15, 0.2) is 4.90 Å². The molecular formula is C20H30N4O3S2. The highest BCUT2D eigenvalue weighted by atomic mass is 32.2. The molecule has 1 aromatic carbocycles. The first-order valence-electron chi connectivity index (χ1n) is 9.82. The maximum atomic E-state index is 13.5. The van der Waals surface area contributed by atoms with Gasteiger partial charge in [-0.2, -0.15) is 8.68 Å². The van der Waals surface area contributed by atoms with E-state index in [0.29, 0.717) is 44.1 Å². The Hall–Kier alpha value is -1.55. The number of rotatable bonds is 6. The van der Waals surface area contributed by atoms with Gasteiger partial charge in [-0.25, -0.2) is 13.4 Å². The molecule has 9 heteroatoms. The summed E-state index contributed by atoms with van der Waals surface area (Å²) in [6, 6.07) is 0. The van der Waals surface area contributed by atoms with Crippen LogP contribution in [0.4, 0.5) is 5.13 Å². The number of ether oxygens (including phenoxy) is 1. The number of benzene rings is 1. The summed E-state index contributed by atoms with van der Waals surface area (Å²) >= 11 is 1.36. The molecule has 3 rings (SSSR count). The maximum Gasteiger partial charge on any atom is 0.243 e. The lowest BCUT2D eigenvalue weighted by atomic mass is 9.95. The van der Waals surface area contributed by atoms with Crippen molar-refractivity contribution in [1.82, 2.24) is 13.7 Å². The molecule has 0 bridgehead atoms. The van der Waals surface area contributed by atoms with Gasteiger partial charge < -0.3 is 9.64 Å². The normalized spacial score (nSPS) is 15.9. The van der Waals surface area contributed by atoms with E-state index in [1.165, 1.54) is 17.1 Å². The zero-order valence-electron chi connectivity index (χ0n) is 18.1. The number of anilines is 1. The number of aromatic nitrogens is 2. The predicted octanol–water partition coefficient (Wildman–Crippen LogP) is 2.78. The lowest BCUT2D eigenvalue weighted by Crippen LogP contribution is -2.49. The minimum Gasteiger partial charge on any atom is -0.384 e. The highest BCUT2D eigenvalue weighted by molar-refractivity contribution is 7.89. The van der Waals surface area contributed by atoms with E-state index in [4.69, 9.17) is 4.74 Å². The Labute approximate surface area is 177 Å². The van der Waals surface area contributed by atoms with E-state index in [1.807, 2.05) is 27.7 Å². The second kappa shape index (κ2) is 8.67. The summed E-state index contributed by atoms with van der Waals surface area (Å²) < 4.78 is 38.0. The van der Waals surface area contributed by atoms with E-state index in [9.17, 15) is 8.42 Å². The highest BCUT2D eigenvalue weighted by Gasteiger charge is 2.33. The minimum absolute atomic E-state index is 0.445. The number of piperazine rings is 1. The van der Waals surface area contributed by atoms with Gasteiger partial charge in [0.25, 0.3) is 0 Å². The number of nitrogens with zero attached hydrogens (tertiary/aromatic N) is 4. The van der Waals surface area contributed by atoms with Crippen molar-refractivity contribution in [3.63, 3.8) is 0 Å². The zero-order chi connectivity index (χ0) is 21.3. The van der Waals surface area contributed by atoms with Crippen molar-refractivity contribution in [2.75, 3.05) is 44.8 Å². The van der Waals surface area contributed by atoms with Crippen LogP contribution in [0.2, 0.25) is 0 Å². The molecule has 0 unspecified atom stereocenters. The molecule has 0 spiro atoms. The summed E-state index contributed by atoms with van der Waals surface area (Å²) in [6.07, 6.45) is 0.687. The van der Waals surface area contributed by atoms with Crippen LogP contribution < -0.4 is 4.90 Å². The standard InChI is InChI=1S/C20H30N4O3S2/c1-13-14(2)16(4)19(17(5)15(13)3)29(25,26)24-10-8-23(9-11-24)20-21-18(22-28-20)7-12-27-6/h7-12H2,1-6H3. The molecule has 0 radical (unpaired) electrons. The predicted molar refractivity (Wildman–Crippen MR) is 117 cm³/mol. The summed E-state index contributed by atoms with van der Waals surface area (Å²) in [5.41, 5.74) is 5.01. The van der Waals surface area contributed by atoms with Gasteiger partial charge >= 0.3 is 0 Å². The quantitative estimate of drug-likeness (QED) is 0.690. The van der Waals surface area contributed by atoms with E-state index in [2.05, 4.69) is 21.2 Å². The van der Waals surface area contributed by atoms with Gasteiger partial charge in [0.15, 0.2) is 0 Å². The number of hydrogen-bond acceptors (Lipinski definition) is 7. The Kier molecular flexibility index (Phi) is 6.62. The molecule has 2 aromatic rings. The lowest BCUT2D eigenvalue weighted by molar-refractivity contribution is 0.201. The third kappa shape index (κ3) is 4.19. The van der Waals surface area contributed by atoms with Crippen LogP contribution in [0.3, 0.4) is 0 Å². The smallest absolute Gasteiger partial charge is 0.243 e. The van der Waals surface area contributed by atoms with E-state index in [0.717, 1.165) is 33.2 Å². The number of sulfonamides is 1. The second-order valence-electron chi connectivity index (χ2n) is 7.58. The maximum absolute atomic E-state index is 13.5. The van der Waals surface area contributed by atoms with Crippen molar-refractivity contribution < 1.29 is 13.2 Å². The molecule has 1 saturated heterocycles. The molecule has 0 saturated carbocycles. The van der Waals surface area contributed by atoms with E-state index < -0.39 is 10.0 Å². The molecule has 29 heavy (non-hydrogen) atoms. The molecule has 0 aliphatic carbocycles. The molecule has 0 atom stereocenters. The number of methoxy groups -OCH3 is 1. The van der Waals surface area contributed by atoms with Crippen LogP contribution in [-0.2, 0) is 21.2 Å². The molecular weight excluding hydrogens is 408 g/mol. The average molecular weight is 439 g/mol. The van der Waals surface area contributed by atoms with E-state index in [1.54, 1.807) is 11.4 Å². The van der Waals surface area contributed by atoms with Crippen LogP contribution >= 0.6 is 11.5 Å². The van der Waals surface area contributed by atoms with Gasteiger partial charge in [0.1, 0.15) is 5.82 Å². The van der Waals surface area contributed by atoms with Gasteiger partial charge in [-0.3, -0.25) is 0 Å². The first kappa shape index (κ1) is 22.1. The Morgan fingerprint density at radius 1 is 0.931 bits per heavy atom. The number of hydrogen-bond donors (Lipinski definition) is 0. The van der Waals surface area contributed by atoms with Crippen LogP contribution in [0.1, 0.15) is 33.6 Å². The summed E-state index contributed by atoms with van der Waals surface area (Å²) in [6.45, 7) is 12.6. The van der Waals surface area contributed by atoms with Crippen LogP contribution in [0.25, 0.3) is 0 Å². The Morgan fingerprint density at radius 3 is 2.03 bits per heavy atom. The Balaban J connectivity index is 1.78. The molecule has 0 amide bonds. The van der Waals surface area contributed by atoms with Gasteiger partial charge in [0.2, 0.25) is 15.2 Å². The fourth-order valence-electron chi connectivity index (χ4n) is 3.77. The van der Waals surface area contributed by atoms with Gasteiger partial charge in [0.05, 0.1) is 11.5 Å². The topological polar surface area (TPSA) is 75.6 Å². The van der Waals surface area contributed by atoms with Crippen molar-refractivity contribution in [3.8, 4) is 0 Å².